The average molecular weight is 349 g/mol. The lowest BCUT2D eigenvalue weighted by Crippen LogP contribution is -2.00. The van der Waals surface area contributed by atoms with Crippen molar-refractivity contribution in [3.05, 3.63) is 59.8 Å². The van der Waals surface area contributed by atoms with E-state index in [1.807, 2.05) is 55.5 Å². The van der Waals surface area contributed by atoms with Crippen molar-refractivity contribution in [2.45, 2.75) is 13.5 Å². The number of ether oxygens (including phenoxy) is 2. The Morgan fingerprint density at radius 2 is 1.77 bits per heavy atom. The molecule has 26 heavy (non-hydrogen) atoms. The van der Waals surface area contributed by atoms with Crippen LogP contribution in [0.3, 0.4) is 0 Å². The van der Waals surface area contributed by atoms with Crippen LogP contribution in [-0.4, -0.2) is 18.7 Å². The Bertz CT molecular complexity index is 894. The molecule has 1 aromatic heterocycles. The molecule has 0 aliphatic heterocycles. The summed E-state index contributed by atoms with van der Waals surface area (Å²) in [5.74, 6) is 2.32. The molecule has 0 bridgehead atoms. The molecule has 0 amide bonds. The maximum Gasteiger partial charge on any atom is 0.232 e. The van der Waals surface area contributed by atoms with Gasteiger partial charge in [-0.25, -0.2) is 0 Å². The fourth-order valence-electron chi connectivity index (χ4n) is 2.43. The van der Waals surface area contributed by atoms with E-state index >= 15 is 0 Å². The van der Waals surface area contributed by atoms with E-state index in [2.05, 4.69) is 16.4 Å². The first-order valence-electron chi connectivity index (χ1n) is 8.24. The van der Waals surface area contributed by atoms with Crippen LogP contribution in [0.25, 0.3) is 11.5 Å². The molecule has 0 aliphatic rings. The molecule has 1 heterocycles. The minimum absolute atomic E-state index is 0.224. The molecule has 0 radical (unpaired) electrons. The fraction of sp³-hybridized carbons (Fsp3) is 0.200. The molecule has 6 heteroatoms. The molecule has 3 aromatic rings. The number of hydrogen-bond donors (Lipinski definition) is 1. The van der Waals surface area contributed by atoms with Gasteiger partial charge in [0.25, 0.3) is 0 Å². The second-order valence-corrected chi connectivity index (χ2v) is 5.47. The van der Waals surface area contributed by atoms with E-state index in [9.17, 15) is 5.26 Å². The lowest BCUT2D eigenvalue weighted by atomic mass is 10.2. The van der Waals surface area contributed by atoms with Gasteiger partial charge in [0.15, 0.2) is 0 Å². The van der Waals surface area contributed by atoms with Crippen molar-refractivity contribution >= 4 is 5.88 Å². The minimum Gasteiger partial charge on any atom is -0.497 e. The standard InChI is InChI=1S/C20H19N3O3/c1-3-25-17-8-4-14(5-9-17)13-22-20-18(12-21)23-19(26-20)15-6-10-16(24-2)11-7-15/h4-11,22H,3,13H2,1-2H3. The highest BCUT2D eigenvalue weighted by atomic mass is 16.5. The Morgan fingerprint density at radius 3 is 2.38 bits per heavy atom. The summed E-state index contributed by atoms with van der Waals surface area (Å²) in [5.41, 5.74) is 2.04. The highest BCUT2D eigenvalue weighted by molar-refractivity contribution is 5.59. The van der Waals surface area contributed by atoms with E-state index in [0.717, 1.165) is 22.6 Å². The number of hydrogen-bond acceptors (Lipinski definition) is 6. The van der Waals surface area contributed by atoms with Crippen molar-refractivity contribution in [2.24, 2.45) is 0 Å². The van der Waals surface area contributed by atoms with Gasteiger partial charge in [0.1, 0.15) is 17.6 Å². The first-order chi connectivity index (χ1) is 12.7. The van der Waals surface area contributed by atoms with Gasteiger partial charge in [-0.15, -0.1) is 0 Å². The molecule has 6 nitrogen and oxygen atoms in total. The summed E-state index contributed by atoms with van der Waals surface area (Å²) in [4.78, 5) is 4.25. The van der Waals surface area contributed by atoms with Crippen LogP contribution < -0.4 is 14.8 Å². The van der Waals surface area contributed by atoms with Gasteiger partial charge in [0, 0.05) is 12.1 Å². The van der Waals surface area contributed by atoms with E-state index in [-0.39, 0.29) is 5.69 Å². The molecular formula is C20H19N3O3. The highest BCUT2D eigenvalue weighted by Crippen LogP contribution is 2.27. The molecule has 0 spiro atoms. The van der Waals surface area contributed by atoms with E-state index in [1.54, 1.807) is 7.11 Å². The lowest BCUT2D eigenvalue weighted by molar-refractivity contribution is 0.340. The van der Waals surface area contributed by atoms with Gasteiger partial charge in [0.05, 0.1) is 13.7 Å². The molecule has 2 aromatic carbocycles. The number of benzene rings is 2. The van der Waals surface area contributed by atoms with Crippen molar-refractivity contribution < 1.29 is 13.9 Å². The van der Waals surface area contributed by atoms with Crippen LogP contribution in [0.1, 0.15) is 18.2 Å². The zero-order valence-corrected chi connectivity index (χ0v) is 14.7. The van der Waals surface area contributed by atoms with Crippen molar-refractivity contribution in [1.82, 2.24) is 4.98 Å². The van der Waals surface area contributed by atoms with Gasteiger partial charge in [-0.3, -0.25) is 0 Å². The molecule has 1 N–H and O–H groups in total. The van der Waals surface area contributed by atoms with Crippen molar-refractivity contribution in [1.29, 1.82) is 5.26 Å². The predicted octanol–water partition coefficient (Wildman–Crippen LogP) is 4.23. The van der Waals surface area contributed by atoms with E-state index in [0.29, 0.717) is 24.9 Å². The molecule has 0 unspecified atom stereocenters. The summed E-state index contributed by atoms with van der Waals surface area (Å²) < 4.78 is 16.3. The zero-order valence-electron chi connectivity index (χ0n) is 14.7. The molecule has 3 rings (SSSR count). The molecule has 132 valence electrons. The summed E-state index contributed by atoms with van der Waals surface area (Å²) >= 11 is 0. The average Bonchev–Trinajstić information content (AvgIpc) is 3.11. The van der Waals surface area contributed by atoms with Crippen LogP contribution in [0.4, 0.5) is 5.88 Å². The van der Waals surface area contributed by atoms with Gasteiger partial charge in [-0.2, -0.15) is 10.2 Å². The van der Waals surface area contributed by atoms with Crippen LogP contribution in [0.15, 0.2) is 52.9 Å². The van der Waals surface area contributed by atoms with Crippen LogP contribution >= 0.6 is 0 Å². The normalized spacial score (nSPS) is 10.2. The molecule has 0 saturated heterocycles. The molecule has 0 aliphatic carbocycles. The third-order valence-corrected chi connectivity index (χ3v) is 3.76. The van der Waals surface area contributed by atoms with Crippen LogP contribution in [0.5, 0.6) is 11.5 Å². The van der Waals surface area contributed by atoms with Gasteiger partial charge < -0.3 is 19.2 Å². The lowest BCUT2D eigenvalue weighted by Gasteiger charge is -2.06. The number of anilines is 1. The predicted molar refractivity (Wildman–Crippen MR) is 98.1 cm³/mol. The van der Waals surface area contributed by atoms with Gasteiger partial charge in [-0.05, 0) is 48.9 Å². The number of methoxy groups -OCH3 is 1. The summed E-state index contributed by atoms with van der Waals surface area (Å²) in [5, 5.41) is 12.4. The number of nitrogens with one attached hydrogen (secondary N) is 1. The number of nitriles is 1. The molecular weight excluding hydrogens is 330 g/mol. The van der Waals surface area contributed by atoms with Gasteiger partial charge in [-0.1, -0.05) is 12.1 Å². The Balaban J connectivity index is 1.73. The Hall–Kier alpha value is -3.46. The van der Waals surface area contributed by atoms with Crippen LogP contribution in [-0.2, 0) is 6.54 Å². The topological polar surface area (TPSA) is 80.3 Å². The Kier molecular flexibility index (Phi) is 5.40. The van der Waals surface area contributed by atoms with Gasteiger partial charge in [0.2, 0.25) is 17.5 Å². The molecule has 0 atom stereocenters. The summed E-state index contributed by atoms with van der Waals surface area (Å²) in [7, 11) is 1.61. The molecule has 0 fully saturated rings. The van der Waals surface area contributed by atoms with E-state index < -0.39 is 0 Å². The zero-order chi connectivity index (χ0) is 18.4. The summed E-state index contributed by atoms with van der Waals surface area (Å²) in [6.07, 6.45) is 0. The van der Waals surface area contributed by atoms with Crippen molar-refractivity contribution in [3.8, 4) is 29.0 Å². The monoisotopic (exact) mass is 349 g/mol. The SMILES string of the molecule is CCOc1ccc(CNc2oc(-c3ccc(OC)cc3)nc2C#N)cc1. The van der Waals surface area contributed by atoms with Crippen LogP contribution in [0, 0.1) is 11.3 Å². The second kappa shape index (κ2) is 8.08. The maximum atomic E-state index is 9.30. The fourth-order valence-corrected chi connectivity index (χ4v) is 2.43. The second-order valence-electron chi connectivity index (χ2n) is 5.47. The third kappa shape index (κ3) is 3.95. The first kappa shape index (κ1) is 17.4. The highest BCUT2D eigenvalue weighted by Gasteiger charge is 2.14. The van der Waals surface area contributed by atoms with E-state index in [4.69, 9.17) is 13.9 Å². The number of nitrogens with zero attached hydrogens (tertiary/aromatic N) is 2. The largest absolute Gasteiger partial charge is 0.497 e. The summed E-state index contributed by atoms with van der Waals surface area (Å²) in [6, 6.07) is 17.1. The smallest absolute Gasteiger partial charge is 0.232 e. The Morgan fingerprint density at radius 1 is 1.08 bits per heavy atom. The minimum atomic E-state index is 0.224. The number of rotatable bonds is 7. The Labute approximate surface area is 152 Å². The third-order valence-electron chi connectivity index (χ3n) is 3.76. The molecule has 0 saturated carbocycles. The van der Waals surface area contributed by atoms with Crippen molar-refractivity contribution in [3.63, 3.8) is 0 Å². The van der Waals surface area contributed by atoms with Crippen LogP contribution in [0.2, 0.25) is 0 Å². The number of aromatic nitrogens is 1. The quantitative estimate of drug-likeness (QED) is 0.687. The van der Waals surface area contributed by atoms with E-state index in [1.165, 1.54) is 0 Å². The van der Waals surface area contributed by atoms with Crippen molar-refractivity contribution in [2.75, 3.05) is 19.0 Å². The maximum absolute atomic E-state index is 9.30. The number of oxazole rings is 1. The summed E-state index contributed by atoms with van der Waals surface area (Å²) in [6.45, 7) is 3.09. The first-order valence-corrected chi connectivity index (χ1v) is 8.24. The van der Waals surface area contributed by atoms with Gasteiger partial charge >= 0.3 is 0 Å².